The van der Waals surface area contributed by atoms with E-state index in [-0.39, 0.29) is 5.78 Å². The number of halogens is 1. The SMILES string of the molecule is Cc1csc(C(=O)c2ccc(-c3ccccc3)cc2)c1Cl. The van der Waals surface area contributed by atoms with E-state index in [0.29, 0.717) is 15.5 Å². The Hall–Kier alpha value is -1.90. The fourth-order valence-corrected chi connectivity index (χ4v) is 3.40. The van der Waals surface area contributed by atoms with Gasteiger partial charge in [-0.05, 0) is 29.0 Å². The lowest BCUT2D eigenvalue weighted by Gasteiger charge is -2.04. The third-order valence-corrected chi connectivity index (χ3v) is 5.06. The molecule has 0 saturated carbocycles. The van der Waals surface area contributed by atoms with Crippen LogP contribution >= 0.6 is 22.9 Å². The lowest BCUT2D eigenvalue weighted by atomic mass is 10.0. The molecule has 0 saturated heterocycles. The molecular formula is C18H13ClOS. The second kappa shape index (κ2) is 5.84. The van der Waals surface area contributed by atoms with Crippen LogP contribution in [0.1, 0.15) is 20.8 Å². The maximum Gasteiger partial charge on any atom is 0.204 e. The van der Waals surface area contributed by atoms with E-state index < -0.39 is 0 Å². The minimum atomic E-state index is -0.0160. The molecule has 3 heteroatoms. The van der Waals surface area contributed by atoms with E-state index in [1.54, 1.807) is 0 Å². The fraction of sp³-hybridized carbons (Fsp3) is 0.0556. The number of rotatable bonds is 3. The molecule has 0 aliphatic rings. The molecular weight excluding hydrogens is 300 g/mol. The van der Waals surface area contributed by atoms with Crippen LogP contribution in [0.15, 0.2) is 60.0 Å². The molecule has 0 N–H and O–H groups in total. The van der Waals surface area contributed by atoms with Gasteiger partial charge in [0.05, 0.1) is 9.90 Å². The van der Waals surface area contributed by atoms with Crippen LogP contribution in [0.2, 0.25) is 5.02 Å². The lowest BCUT2D eigenvalue weighted by molar-refractivity contribution is 0.104. The Morgan fingerprint density at radius 2 is 1.57 bits per heavy atom. The molecule has 0 radical (unpaired) electrons. The van der Waals surface area contributed by atoms with Crippen LogP contribution in [0.3, 0.4) is 0 Å². The summed E-state index contributed by atoms with van der Waals surface area (Å²) in [4.78, 5) is 13.1. The topological polar surface area (TPSA) is 17.1 Å². The first kappa shape index (κ1) is 14.1. The first-order valence-corrected chi connectivity index (χ1v) is 7.86. The lowest BCUT2D eigenvalue weighted by Crippen LogP contribution is -1.99. The highest BCUT2D eigenvalue weighted by molar-refractivity contribution is 7.13. The van der Waals surface area contributed by atoms with E-state index in [4.69, 9.17) is 11.6 Å². The summed E-state index contributed by atoms with van der Waals surface area (Å²) in [5.41, 5.74) is 3.85. The number of benzene rings is 2. The molecule has 3 aromatic rings. The number of hydrogen-bond acceptors (Lipinski definition) is 2. The molecule has 3 rings (SSSR count). The average Bonchev–Trinajstić information content (AvgIpc) is 2.87. The molecule has 0 aliphatic heterocycles. The van der Waals surface area contributed by atoms with Gasteiger partial charge in [0.1, 0.15) is 0 Å². The van der Waals surface area contributed by atoms with Crippen molar-refractivity contribution in [1.29, 1.82) is 0 Å². The number of carbonyl (C=O) groups is 1. The Morgan fingerprint density at radius 1 is 0.952 bits per heavy atom. The summed E-state index contributed by atoms with van der Waals surface area (Å²) < 4.78 is 0. The summed E-state index contributed by atoms with van der Waals surface area (Å²) in [6.45, 7) is 1.91. The normalized spacial score (nSPS) is 10.6. The molecule has 0 spiro atoms. The van der Waals surface area contributed by atoms with Gasteiger partial charge in [-0.15, -0.1) is 11.3 Å². The van der Waals surface area contributed by atoms with Crippen LogP contribution < -0.4 is 0 Å². The standard InChI is InChI=1S/C18H13ClOS/c1-12-11-21-18(16(12)19)17(20)15-9-7-14(8-10-15)13-5-3-2-4-6-13/h2-11H,1H3. The molecule has 1 heterocycles. The van der Waals surface area contributed by atoms with E-state index in [9.17, 15) is 4.79 Å². The highest BCUT2D eigenvalue weighted by Gasteiger charge is 2.16. The maximum atomic E-state index is 12.5. The summed E-state index contributed by atoms with van der Waals surface area (Å²) in [7, 11) is 0. The quantitative estimate of drug-likeness (QED) is 0.575. The van der Waals surface area contributed by atoms with Gasteiger partial charge in [-0.3, -0.25) is 4.79 Å². The van der Waals surface area contributed by atoms with Gasteiger partial charge in [0.15, 0.2) is 0 Å². The second-order valence-electron chi connectivity index (χ2n) is 4.83. The first-order valence-electron chi connectivity index (χ1n) is 6.60. The first-order chi connectivity index (χ1) is 10.2. The van der Waals surface area contributed by atoms with E-state index in [0.717, 1.165) is 16.7 Å². The molecule has 0 fully saturated rings. The van der Waals surface area contributed by atoms with Gasteiger partial charge in [0.25, 0.3) is 0 Å². The van der Waals surface area contributed by atoms with Crippen molar-refractivity contribution in [3.8, 4) is 11.1 Å². The largest absolute Gasteiger partial charge is 0.288 e. The molecule has 0 bridgehead atoms. The van der Waals surface area contributed by atoms with Crippen molar-refractivity contribution in [2.75, 3.05) is 0 Å². The Balaban J connectivity index is 1.91. The predicted octanol–water partition coefficient (Wildman–Crippen LogP) is 5.61. The Bertz CT molecular complexity index is 773. The van der Waals surface area contributed by atoms with Crippen LogP contribution in [-0.4, -0.2) is 5.78 Å². The van der Waals surface area contributed by atoms with Gasteiger partial charge in [-0.25, -0.2) is 0 Å². The van der Waals surface area contributed by atoms with Gasteiger partial charge in [0.2, 0.25) is 5.78 Å². The Morgan fingerprint density at radius 3 is 2.14 bits per heavy atom. The van der Waals surface area contributed by atoms with Gasteiger partial charge < -0.3 is 0 Å². The van der Waals surface area contributed by atoms with E-state index >= 15 is 0 Å². The van der Waals surface area contributed by atoms with Crippen molar-refractivity contribution < 1.29 is 4.79 Å². The van der Waals surface area contributed by atoms with Gasteiger partial charge in [0, 0.05) is 5.56 Å². The summed E-state index contributed by atoms with van der Waals surface area (Å²) in [6, 6.07) is 17.8. The number of ketones is 1. The number of aryl methyl sites for hydroxylation is 1. The average molecular weight is 313 g/mol. The van der Waals surface area contributed by atoms with Crippen molar-refractivity contribution in [3.05, 3.63) is 81.0 Å². The van der Waals surface area contributed by atoms with Crippen LogP contribution in [-0.2, 0) is 0 Å². The summed E-state index contributed by atoms with van der Waals surface area (Å²) in [6.07, 6.45) is 0. The molecule has 2 aromatic carbocycles. The number of hydrogen-bond donors (Lipinski definition) is 0. The highest BCUT2D eigenvalue weighted by atomic mass is 35.5. The van der Waals surface area contributed by atoms with Gasteiger partial charge in [-0.2, -0.15) is 0 Å². The molecule has 0 atom stereocenters. The molecule has 0 amide bonds. The van der Waals surface area contributed by atoms with E-state index in [1.165, 1.54) is 11.3 Å². The third-order valence-electron chi connectivity index (χ3n) is 3.36. The zero-order chi connectivity index (χ0) is 14.8. The second-order valence-corrected chi connectivity index (χ2v) is 6.09. The zero-order valence-electron chi connectivity index (χ0n) is 11.5. The van der Waals surface area contributed by atoms with Crippen LogP contribution in [0.5, 0.6) is 0 Å². The number of carbonyl (C=O) groups excluding carboxylic acids is 1. The minimum absolute atomic E-state index is 0.0160. The minimum Gasteiger partial charge on any atom is -0.288 e. The smallest absolute Gasteiger partial charge is 0.204 e. The Kier molecular flexibility index (Phi) is 3.91. The Labute approximate surface area is 132 Å². The van der Waals surface area contributed by atoms with Gasteiger partial charge >= 0.3 is 0 Å². The van der Waals surface area contributed by atoms with Crippen molar-refractivity contribution in [2.45, 2.75) is 6.92 Å². The zero-order valence-corrected chi connectivity index (χ0v) is 13.0. The molecule has 21 heavy (non-hydrogen) atoms. The summed E-state index contributed by atoms with van der Waals surface area (Å²) >= 11 is 7.57. The monoisotopic (exact) mass is 312 g/mol. The van der Waals surface area contributed by atoms with Crippen LogP contribution in [0.25, 0.3) is 11.1 Å². The van der Waals surface area contributed by atoms with Crippen molar-refractivity contribution in [2.24, 2.45) is 0 Å². The fourth-order valence-electron chi connectivity index (χ4n) is 2.16. The molecule has 1 aromatic heterocycles. The molecule has 0 unspecified atom stereocenters. The maximum absolute atomic E-state index is 12.5. The van der Waals surface area contributed by atoms with Crippen LogP contribution in [0, 0.1) is 6.92 Å². The highest BCUT2D eigenvalue weighted by Crippen LogP contribution is 2.30. The van der Waals surface area contributed by atoms with Crippen molar-refractivity contribution >= 4 is 28.7 Å². The van der Waals surface area contributed by atoms with Crippen LogP contribution in [0.4, 0.5) is 0 Å². The molecule has 104 valence electrons. The van der Waals surface area contributed by atoms with E-state index in [1.807, 2.05) is 54.8 Å². The third kappa shape index (κ3) is 2.78. The predicted molar refractivity (Wildman–Crippen MR) is 89.4 cm³/mol. The molecule has 0 aliphatic carbocycles. The summed E-state index contributed by atoms with van der Waals surface area (Å²) in [5, 5.41) is 2.48. The van der Waals surface area contributed by atoms with Crippen molar-refractivity contribution in [3.63, 3.8) is 0 Å². The number of thiophene rings is 1. The molecule has 1 nitrogen and oxygen atoms in total. The van der Waals surface area contributed by atoms with Crippen molar-refractivity contribution in [1.82, 2.24) is 0 Å². The van der Waals surface area contributed by atoms with E-state index in [2.05, 4.69) is 12.1 Å². The van der Waals surface area contributed by atoms with Gasteiger partial charge in [-0.1, -0.05) is 66.2 Å². The summed E-state index contributed by atoms with van der Waals surface area (Å²) in [5.74, 6) is -0.0160.